The van der Waals surface area contributed by atoms with E-state index in [1.165, 1.54) is 24.4 Å². The molecule has 1 amide bonds. The van der Waals surface area contributed by atoms with Gasteiger partial charge in [0.2, 0.25) is 0 Å². The quantitative estimate of drug-likeness (QED) is 0.371. The molecule has 3 aromatic carbocycles. The zero-order valence-corrected chi connectivity index (χ0v) is 15.7. The molecule has 7 nitrogen and oxygen atoms in total. The number of aryl methyl sites for hydroxylation is 1. The Labute approximate surface area is 167 Å². The number of hydrazone groups is 1. The minimum atomic E-state index is -0.527. The summed E-state index contributed by atoms with van der Waals surface area (Å²) >= 11 is 0. The highest BCUT2D eigenvalue weighted by Gasteiger charge is 2.14. The van der Waals surface area contributed by atoms with Crippen LogP contribution in [0, 0.1) is 17.0 Å². The van der Waals surface area contributed by atoms with E-state index < -0.39 is 10.8 Å². The number of carbonyl (C=O) groups excluding carboxylic acids is 1. The Kier molecular flexibility index (Phi) is 6.32. The fraction of sp³-hybridized carbons (Fsp3) is 0.0909. The fourth-order valence-corrected chi connectivity index (χ4v) is 2.60. The third-order valence-corrected chi connectivity index (χ3v) is 4.15. The van der Waals surface area contributed by atoms with Crippen molar-refractivity contribution in [3.63, 3.8) is 0 Å². The van der Waals surface area contributed by atoms with Crippen LogP contribution in [-0.2, 0) is 6.61 Å². The van der Waals surface area contributed by atoms with E-state index >= 15 is 0 Å². The number of benzene rings is 3. The maximum absolute atomic E-state index is 12.2. The molecule has 0 aliphatic rings. The highest BCUT2D eigenvalue weighted by atomic mass is 16.6. The molecular formula is C22H19N3O4. The van der Waals surface area contributed by atoms with Crippen LogP contribution in [0.3, 0.4) is 0 Å². The maximum atomic E-state index is 12.2. The molecule has 0 spiro atoms. The molecule has 0 heterocycles. The maximum Gasteiger partial charge on any atom is 0.273 e. The number of nitrogens with one attached hydrogen (secondary N) is 1. The van der Waals surface area contributed by atoms with E-state index in [1.807, 2.05) is 48.5 Å². The van der Waals surface area contributed by atoms with Crippen LogP contribution in [0.5, 0.6) is 5.75 Å². The second-order valence-corrected chi connectivity index (χ2v) is 6.30. The van der Waals surface area contributed by atoms with Crippen molar-refractivity contribution in [2.24, 2.45) is 5.10 Å². The first kappa shape index (κ1) is 19.8. The monoisotopic (exact) mass is 389 g/mol. The number of nitrogens with zero attached hydrogens (tertiary/aromatic N) is 2. The van der Waals surface area contributed by atoms with Crippen molar-refractivity contribution in [3.05, 3.63) is 105 Å². The molecule has 0 unspecified atom stereocenters. The molecule has 0 radical (unpaired) electrons. The lowest BCUT2D eigenvalue weighted by Gasteiger charge is -2.06. The van der Waals surface area contributed by atoms with Gasteiger partial charge in [0, 0.05) is 17.2 Å². The fourth-order valence-electron chi connectivity index (χ4n) is 2.60. The molecule has 0 saturated carbocycles. The summed E-state index contributed by atoms with van der Waals surface area (Å²) in [5, 5.41) is 14.9. The lowest BCUT2D eigenvalue weighted by molar-refractivity contribution is -0.385. The largest absolute Gasteiger partial charge is 0.489 e. The van der Waals surface area contributed by atoms with Crippen LogP contribution >= 0.6 is 0 Å². The number of nitro groups is 1. The number of rotatable bonds is 7. The van der Waals surface area contributed by atoms with Crippen molar-refractivity contribution in [1.29, 1.82) is 0 Å². The topological polar surface area (TPSA) is 93.8 Å². The van der Waals surface area contributed by atoms with Gasteiger partial charge in [-0.15, -0.1) is 0 Å². The van der Waals surface area contributed by atoms with Crippen molar-refractivity contribution < 1.29 is 14.5 Å². The molecular weight excluding hydrogens is 370 g/mol. The molecule has 0 atom stereocenters. The van der Waals surface area contributed by atoms with Gasteiger partial charge in [-0.25, -0.2) is 5.43 Å². The van der Waals surface area contributed by atoms with Crippen LogP contribution in [0.2, 0.25) is 0 Å². The third-order valence-electron chi connectivity index (χ3n) is 4.15. The molecule has 0 aromatic heterocycles. The normalized spacial score (nSPS) is 10.7. The molecule has 3 aromatic rings. The summed E-state index contributed by atoms with van der Waals surface area (Å²) in [4.78, 5) is 22.7. The predicted octanol–water partition coefficient (Wildman–Crippen LogP) is 4.25. The van der Waals surface area contributed by atoms with Crippen LogP contribution in [0.15, 0.2) is 77.9 Å². The summed E-state index contributed by atoms with van der Waals surface area (Å²) in [6.07, 6.45) is 1.48. The number of nitro benzene ring substituents is 1. The standard InChI is InChI=1S/C22H19N3O4/c1-16-10-11-19(13-21(16)25(27)28)22(26)24-23-14-18-8-5-9-20(12-18)29-15-17-6-3-2-4-7-17/h2-14H,15H2,1H3,(H,24,26). The predicted molar refractivity (Wildman–Crippen MR) is 110 cm³/mol. The highest BCUT2D eigenvalue weighted by Crippen LogP contribution is 2.19. The number of hydrogen-bond donors (Lipinski definition) is 1. The van der Waals surface area contributed by atoms with E-state index in [9.17, 15) is 14.9 Å². The van der Waals surface area contributed by atoms with Gasteiger partial charge < -0.3 is 4.74 Å². The molecule has 0 aliphatic heterocycles. The zero-order valence-electron chi connectivity index (χ0n) is 15.7. The van der Waals surface area contributed by atoms with E-state index in [2.05, 4.69) is 10.5 Å². The summed E-state index contributed by atoms with van der Waals surface area (Å²) in [5.41, 5.74) is 4.73. The van der Waals surface area contributed by atoms with Crippen LogP contribution in [0.1, 0.15) is 27.0 Å². The lowest BCUT2D eigenvalue weighted by Crippen LogP contribution is -2.17. The Morgan fingerprint density at radius 1 is 1.10 bits per heavy atom. The van der Waals surface area contributed by atoms with E-state index in [-0.39, 0.29) is 11.3 Å². The van der Waals surface area contributed by atoms with Crippen LogP contribution in [-0.4, -0.2) is 17.0 Å². The summed E-state index contributed by atoms with van der Waals surface area (Å²) < 4.78 is 5.76. The van der Waals surface area contributed by atoms with Gasteiger partial charge in [0.25, 0.3) is 11.6 Å². The van der Waals surface area contributed by atoms with E-state index in [1.54, 1.807) is 13.0 Å². The van der Waals surface area contributed by atoms with Gasteiger partial charge in [0.05, 0.1) is 11.1 Å². The summed E-state index contributed by atoms with van der Waals surface area (Å²) in [6.45, 7) is 2.06. The first-order valence-corrected chi connectivity index (χ1v) is 8.88. The number of carbonyl (C=O) groups is 1. The second-order valence-electron chi connectivity index (χ2n) is 6.30. The van der Waals surface area contributed by atoms with Crippen LogP contribution in [0.4, 0.5) is 5.69 Å². The number of amides is 1. The molecule has 7 heteroatoms. The second kappa shape index (κ2) is 9.27. The van der Waals surface area contributed by atoms with Gasteiger partial charge in [-0.2, -0.15) is 5.10 Å². The minimum absolute atomic E-state index is 0.107. The lowest BCUT2D eigenvalue weighted by atomic mass is 10.1. The first-order valence-electron chi connectivity index (χ1n) is 8.88. The van der Waals surface area contributed by atoms with Crippen molar-refractivity contribution >= 4 is 17.8 Å². The smallest absolute Gasteiger partial charge is 0.273 e. The van der Waals surface area contributed by atoms with Crippen LogP contribution in [0.25, 0.3) is 0 Å². The first-order chi connectivity index (χ1) is 14.0. The minimum Gasteiger partial charge on any atom is -0.489 e. The van der Waals surface area contributed by atoms with Crippen molar-refractivity contribution in [2.75, 3.05) is 0 Å². The Balaban J connectivity index is 1.61. The van der Waals surface area contributed by atoms with E-state index in [0.717, 1.165) is 11.1 Å². The van der Waals surface area contributed by atoms with Gasteiger partial charge in [0.1, 0.15) is 12.4 Å². The summed E-state index contributed by atoms with van der Waals surface area (Å²) in [7, 11) is 0. The Morgan fingerprint density at radius 2 is 1.90 bits per heavy atom. The van der Waals surface area contributed by atoms with Gasteiger partial charge in [-0.05, 0) is 36.2 Å². The van der Waals surface area contributed by atoms with Crippen LogP contribution < -0.4 is 10.2 Å². The zero-order chi connectivity index (χ0) is 20.6. The highest BCUT2D eigenvalue weighted by molar-refractivity contribution is 5.95. The Bertz CT molecular complexity index is 1050. The Morgan fingerprint density at radius 3 is 2.66 bits per heavy atom. The molecule has 0 aliphatic carbocycles. The molecule has 0 saturated heterocycles. The van der Waals surface area contributed by atoms with Gasteiger partial charge in [-0.3, -0.25) is 14.9 Å². The number of ether oxygens (including phenoxy) is 1. The molecule has 29 heavy (non-hydrogen) atoms. The molecule has 0 fully saturated rings. The van der Waals surface area contributed by atoms with E-state index in [0.29, 0.717) is 17.9 Å². The summed E-state index contributed by atoms with van der Waals surface area (Å²) in [5.74, 6) is 0.152. The molecule has 146 valence electrons. The van der Waals surface area contributed by atoms with Crippen molar-refractivity contribution in [3.8, 4) is 5.75 Å². The van der Waals surface area contributed by atoms with Gasteiger partial charge >= 0.3 is 0 Å². The van der Waals surface area contributed by atoms with Gasteiger partial charge in [0.15, 0.2) is 0 Å². The molecule has 0 bridgehead atoms. The van der Waals surface area contributed by atoms with E-state index in [4.69, 9.17) is 4.74 Å². The van der Waals surface area contributed by atoms with Crippen molar-refractivity contribution in [1.82, 2.24) is 5.43 Å². The average molecular weight is 389 g/mol. The Hall–Kier alpha value is -4.00. The molecule has 3 rings (SSSR count). The average Bonchev–Trinajstić information content (AvgIpc) is 2.73. The molecule has 1 N–H and O–H groups in total. The van der Waals surface area contributed by atoms with Crippen molar-refractivity contribution in [2.45, 2.75) is 13.5 Å². The summed E-state index contributed by atoms with van der Waals surface area (Å²) in [6, 6.07) is 21.4. The third kappa shape index (κ3) is 5.49. The van der Waals surface area contributed by atoms with Gasteiger partial charge in [-0.1, -0.05) is 48.5 Å². The SMILES string of the molecule is Cc1ccc(C(=O)NN=Cc2cccc(OCc3ccccc3)c2)cc1[N+](=O)[O-]. The number of hydrogen-bond acceptors (Lipinski definition) is 5.